The first kappa shape index (κ1) is 25.9. The van der Waals surface area contributed by atoms with Crippen LogP contribution in [0.15, 0.2) is 65.6 Å². The van der Waals surface area contributed by atoms with Gasteiger partial charge in [0.15, 0.2) is 0 Å². The largest absolute Gasteiger partial charge is 0.388 e. The molecular formula is C27H29F2N5O3. The molecule has 8 nitrogen and oxygen atoms in total. The SMILES string of the molecule is CNc1cc(C(C)NC(=O)c2ccc(=O)n(-c3cccc(N4CCCNC4=O)c3)c2)cc(C(C)(F)F)c1. The van der Waals surface area contributed by atoms with E-state index in [9.17, 15) is 23.2 Å². The second kappa shape index (κ2) is 10.4. The van der Waals surface area contributed by atoms with Crippen LogP contribution in [0.5, 0.6) is 0 Å². The molecule has 2 aromatic carbocycles. The van der Waals surface area contributed by atoms with Crippen molar-refractivity contribution in [1.29, 1.82) is 0 Å². The van der Waals surface area contributed by atoms with Crippen molar-refractivity contribution in [1.82, 2.24) is 15.2 Å². The lowest BCUT2D eigenvalue weighted by atomic mass is 10.0. The van der Waals surface area contributed by atoms with Crippen LogP contribution in [0, 0.1) is 0 Å². The zero-order valence-corrected chi connectivity index (χ0v) is 20.8. The van der Waals surface area contributed by atoms with Crippen LogP contribution >= 0.6 is 0 Å². The molecule has 0 spiro atoms. The molecule has 1 aliphatic rings. The Morgan fingerprint density at radius 1 is 1.08 bits per heavy atom. The number of hydrogen-bond acceptors (Lipinski definition) is 4. The number of alkyl halides is 2. The van der Waals surface area contributed by atoms with E-state index in [2.05, 4.69) is 16.0 Å². The molecule has 0 bridgehead atoms. The van der Waals surface area contributed by atoms with Crippen LogP contribution in [0.25, 0.3) is 5.69 Å². The summed E-state index contributed by atoms with van der Waals surface area (Å²) in [5, 5.41) is 8.49. The Labute approximate surface area is 213 Å². The molecule has 3 amide bonds. The van der Waals surface area contributed by atoms with Crippen molar-refractivity contribution in [3.63, 3.8) is 0 Å². The highest BCUT2D eigenvalue weighted by atomic mass is 19.3. The predicted octanol–water partition coefficient (Wildman–Crippen LogP) is 4.40. The summed E-state index contributed by atoms with van der Waals surface area (Å²) < 4.78 is 29.3. The lowest BCUT2D eigenvalue weighted by molar-refractivity contribution is 0.0174. The van der Waals surface area contributed by atoms with Crippen LogP contribution in [0.2, 0.25) is 0 Å². The maximum absolute atomic E-state index is 14.0. The molecule has 3 aromatic rings. The zero-order valence-electron chi connectivity index (χ0n) is 20.8. The number of pyridine rings is 1. The van der Waals surface area contributed by atoms with Gasteiger partial charge in [-0.1, -0.05) is 6.07 Å². The van der Waals surface area contributed by atoms with E-state index >= 15 is 0 Å². The van der Waals surface area contributed by atoms with Crippen LogP contribution in [0.3, 0.4) is 0 Å². The molecule has 194 valence electrons. The number of nitrogens with zero attached hydrogens (tertiary/aromatic N) is 2. The Bertz CT molecular complexity index is 1380. The summed E-state index contributed by atoms with van der Waals surface area (Å²) >= 11 is 0. The Kier molecular flexibility index (Phi) is 7.28. The van der Waals surface area contributed by atoms with Crippen molar-refractivity contribution in [2.45, 2.75) is 32.2 Å². The third-order valence-electron chi connectivity index (χ3n) is 6.27. The van der Waals surface area contributed by atoms with E-state index in [-0.39, 0.29) is 22.7 Å². The summed E-state index contributed by atoms with van der Waals surface area (Å²) in [7, 11) is 1.63. The average molecular weight is 510 g/mol. The molecule has 4 rings (SSSR count). The van der Waals surface area contributed by atoms with Crippen LogP contribution in [-0.4, -0.2) is 36.6 Å². The van der Waals surface area contributed by atoms with E-state index < -0.39 is 17.9 Å². The van der Waals surface area contributed by atoms with E-state index in [0.717, 1.165) is 13.3 Å². The fourth-order valence-electron chi connectivity index (χ4n) is 4.17. The molecule has 1 aliphatic heterocycles. The highest BCUT2D eigenvalue weighted by Gasteiger charge is 2.26. The van der Waals surface area contributed by atoms with Crippen LogP contribution in [0.4, 0.5) is 25.0 Å². The van der Waals surface area contributed by atoms with Gasteiger partial charge in [0.1, 0.15) is 0 Å². The predicted molar refractivity (Wildman–Crippen MR) is 139 cm³/mol. The first-order valence-electron chi connectivity index (χ1n) is 12.0. The Morgan fingerprint density at radius 2 is 1.84 bits per heavy atom. The molecule has 0 aliphatic carbocycles. The summed E-state index contributed by atoms with van der Waals surface area (Å²) in [5.74, 6) is -3.50. The summed E-state index contributed by atoms with van der Waals surface area (Å²) in [6.07, 6.45) is 2.23. The molecule has 1 aromatic heterocycles. The van der Waals surface area contributed by atoms with E-state index in [1.807, 2.05) is 0 Å². The minimum Gasteiger partial charge on any atom is -0.388 e. The zero-order chi connectivity index (χ0) is 26.7. The molecule has 3 N–H and O–H groups in total. The molecule has 0 saturated carbocycles. The van der Waals surface area contributed by atoms with E-state index in [1.54, 1.807) is 49.2 Å². The lowest BCUT2D eigenvalue weighted by Crippen LogP contribution is -2.46. The number of carbonyl (C=O) groups is 2. The van der Waals surface area contributed by atoms with Crippen molar-refractivity contribution in [3.8, 4) is 5.69 Å². The van der Waals surface area contributed by atoms with Crippen molar-refractivity contribution in [2.75, 3.05) is 30.4 Å². The topological polar surface area (TPSA) is 95.5 Å². The molecule has 1 saturated heterocycles. The van der Waals surface area contributed by atoms with Crippen LogP contribution in [0.1, 0.15) is 47.8 Å². The molecule has 37 heavy (non-hydrogen) atoms. The van der Waals surface area contributed by atoms with Gasteiger partial charge < -0.3 is 16.0 Å². The van der Waals surface area contributed by atoms with Gasteiger partial charge in [-0.25, -0.2) is 13.6 Å². The molecule has 10 heteroatoms. The fourth-order valence-corrected chi connectivity index (χ4v) is 4.17. The van der Waals surface area contributed by atoms with Crippen LogP contribution in [-0.2, 0) is 5.92 Å². The van der Waals surface area contributed by atoms with Gasteiger partial charge >= 0.3 is 6.03 Å². The van der Waals surface area contributed by atoms with Gasteiger partial charge in [-0.05, 0) is 61.4 Å². The van der Waals surface area contributed by atoms with Crippen molar-refractivity contribution in [3.05, 3.63) is 87.8 Å². The number of hydrogen-bond donors (Lipinski definition) is 3. The lowest BCUT2D eigenvalue weighted by Gasteiger charge is -2.27. The first-order valence-corrected chi connectivity index (χ1v) is 12.0. The highest BCUT2D eigenvalue weighted by Crippen LogP contribution is 2.32. The number of urea groups is 1. The van der Waals surface area contributed by atoms with Gasteiger partial charge in [0.2, 0.25) is 0 Å². The number of carbonyl (C=O) groups excluding carboxylic acids is 2. The number of halogens is 2. The first-order chi connectivity index (χ1) is 17.6. The van der Waals surface area contributed by atoms with Crippen molar-refractivity contribution < 1.29 is 18.4 Å². The van der Waals surface area contributed by atoms with Crippen LogP contribution < -0.4 is 26.4 Å². The van der Waals surface area contributed by atoms with Gasteiger partial charge in [0, 0.05) is 56.3 Å². The van der Waals surface area contributed by atoms with Gasteiger partial charge in [0.25, 0.3) is 17.4 Å². The highest BCUT2D eigenvalue weighted by molar-refractivity contribution is 5.94. The number of nitrogens with one attached hydrogen (secondary N) is 3. The molecule has 1 fully saturated rings. The minimum absolute atomic E-state index is 0.161. The van der Waals surface area contributed by atoms with Crippen molar-refractivity contribution in [2.24, 2.45) is 0 Å². The quantitative estimate of drug-likeness (QED) is 0.440. The Balaban J connectivity index is 1.59. The molecule has 1 unspecified atom stereocenters. The summed E-state index contributed by atoms with van der Waals surface area (Å²) in [6.45, 7) is 3.70. The summed E-state index contributed by atoms with van der Waals surface area (Å²) in [4.78, 5) is 39.6. The fraction of sp³-hybridized carbons (Fsp3) is 0.296. The summed E-state index contributed by atoms with van der Waals surface area (Å²) in [6, 6.07) is 13.3. The third-order valence-corrected chi connectivity index (χ3v) is 6.27. The van der Waals surface area contributed by atoms with E-state index in [4.69, 9.17) is 0 Å². The second-order valence-corrected chi connectivity index (χ2v) is 9.06. The molecule has 0 radical (unpaired) electrons. The molecule has 2 heterocycles. The normalized spacial score (nSPS) is 14.6. The van der Waals surface area contributed by atoms with E-state index in [1.165, 1.54) is 35.0 Å². The monoisotopic (exact) mass is 509 g/mol. The number of aromatic nitrogens is 1. The summed E-state index contributed by atoms with van der Waals surface area (Å²) in [5.41, 5.74) is 1.87. The van der Waals surface area contributed by atoms with Gasteiger partial charge in [-0.2, -0.15) is 0 Å². The smallest absolute Gasteiger partial charge is 0.321 e. The van der Waals surface area contributed by atoms with Crippen molar-refractivity contribution >= 4 is 23.3 Å². The Hall–Kier alpha value is -4.21. The minimum atomic E-state index is -3.04. The standard InChI is InChI=1S/C27H29F2N5O3/c1-17(19-12-20(27(2,28)29)14-21(13-19)30-3)32-25(36)18-8-9-24(35)34(16-18)23-7-4-6-22(15-23)33-11-5-10-31-26(33)37/h4,6-9,12-17,30H,5,10-11H2,1-3H3,(H,31,37)(H,32,36). The maximum atomic E-state index is 14.0. The molecular weight excluding hydrogens is 480 g/mol. The average Bonchev–Trinajstić information content (AvgIpc) is 2.88. The number of anilines is 2. The van der Waals surface area contributed by atoms with Gasteiger partial charge in [-0.15, -0.1) is 0 Å². The third kappa shape index (κ3) is 5.79. The number of rotatable bonds is 7. The van der Waals surface area contributed by atoms with Gasteiger partial charge in [-0.3, -0.25) is 19.1 Å². The maximum Gasteiger partial charge on any atom is 0.321 e. The van der Waals surface area contributed by atoms with Gasteiger partial charge in [0.05, 0.1) is 17.3 Å². The second-order valence-electron chi connectivity index (χ2n) is 9.06. The number of benzene rings is 2. The Morgan fingerprint density at radius 3 is 2.54 bits per heavy atom. The van der Waals surface area contributed by atoms with E-state index in [0.29, 0.717) is 35.7 Å². The molecule has 1 atom stereocenters. The number of amides is 3.